The van der Waals surface area contributed by atoms with E-state index < -0.39 is 0 Å². The van der Waals surface area contributed by atoms with Gasteiger partial charge in [0.2, 0.25) is 5.91 Å². The van der Waals surface area contributed by atoms with Crippen LogP contribution < -0.4 is 15.8 Å². The number of piperidine rings is 1. The quantitative estimate of drug-likeness (QED) is 0.413. The van der Waals surface area contributed by atoms with Crippen LogP contribution in [0.4, 0.5) is 11.5 Å². The Bertz CT molecular complexity index is 1480. The van der Waals surface area contributed by atoms with Gasteiger partial charge in [0, 0.05) is 30.9 Å². The van der Waals surface area contributed by atoms with Crippen LogP contribution in [0.5, 0.6) is 0 Å². The van der Waals surface area contributed by atoms with Gasteiger partial charge < -0.3 is 10.2 Å². The van der Waals surface area contributed by atoms with E-state index in [0.717, 1.165) is 28.8 Å². The van der Waals surface area contributed by atoms with Crippen LogP contribution in [0, 0.1) is 19.8 Å². The summed E-state index contributed by atoms with van der Waals surface area (Å²) in [6, 6.07) is 18.0. The Hall–Kier alpha value is -4.00. The summed E-state index contributed by atoms with van der Waals surface area (Å²) in [6.45, 7) is 7.80. The smallest absolute Gasteiger partial charge is 0.295 e. The van der Waals surface area contributed by atoms with E-state index in [2.05, 4.69) is 23.3 Å². The van der Waals surface area contributed by atoms with Gasteiger partial charge in [0.25, 0.3) is 5.56 Å². The van der Waals surface area contributed by atoms with Gasteiger partial charge in [-0.3, -0.25) is 14.2 Å². The fourth-order valence-electron chi connectivity index (χ4n) is 5.07. The lowest BCUT2D eigenvalue weighted by atomic mass is 9.95. The van der Waals surface area contributed by atoms with Gasteiger partial charge in [0.1, 0.15) is 5.52 Å². The number of aromatic nitrogens is 3. The highest BCUT2D eigenvalue weighted by Crippen LogP contribution is 2.26. The molecule has 0 aliphatic carbocycles. The Labute approximate surface area is 217 Å². The van der Waals surface area contributed by atoms with Gasteiger partial charge in [-0.2, -0.15) is 0 Å². The number of hydrogen-bond donors (Lipinski definition) is 1. The number of hydrogen-bond acceptors (Lipinski definition) is 5. The average molecular weight is 496 g/mol. The maximum Gasteiger partial charge on any atom is 0.295 e. The minimum Gasteiger partial charge on any atom is -0.352 e. The zero-order valence-electron chi connectivity index (χ0n) is 21.7. The van der Waals surface area contributed by atoms with Crippen molar-refractivity contribution in [1.29, 1.82) is 0 Å². The first-order valence-electron chi connectivity index (χ1n) is 13.0. The van der Waals surface area contributed by atoms with Crippen LogP contribution in [0.25, 0.3) is 11.2 Å². The van der Waals surface area contributed by atoms with Gasteiger partial charge in [-0.05, 0) is 61.9 Å². The molecule has 0 saturated carbocycles. The van der Waals surface area contributed by atoms with Gasteiger partial charge in [0.05, 0.1) is 6.54 Å². The van der Waals surface area contributed by atoms with Crippen LogP contribution in [0.3, 0.4) is 0 Å². The van der Waals surface area contributed by atoms with Crippen LogP contribution >= 0.6 is 0 Å². The lowest BCUT2D eigenvalue weighted by molar-refractivity contribution is -0.120. The SMILES string of the molecule is CCc1cccc(C)c1NC(=O)C1CCN(c2nc3cccnc3n(Cc3ccc(C)cc3)c2=O)CC1. The van der Waals surface area contributed by atoms with Gasteiger partial charge in [0.15, 0.2) is 11.5 Å². The third kappa shape index (κ3) is 5.12. The molecule has 0 bridgehead atoms. The molecule has 1 aliphatic heterocycles. The van der Waals surface area contributed by atoms with Crippen molar-refractivity contribution in [2.75, 3.05) is 23.3 Å². The van der Waals surface area contributed by atoms with Crippen LogP contribution in [0.2, 0.25) is 0 Å². The second kappa shape index (κ2) is 10.5. The number of pyridine rings is 1. The molecule has 4 aromatic rings. The number of rotatable bonds is 6. The summed E-state index contributed by atoms with van der Waals surface area (Å²) in [5.74, 6) is 0.382. The lowest BCUT2D eigenvalue weighted by Gasteiger charge is -2.32. The minimum absolute atomic E-state index is 0.0519. The molecule has 7 nitrogen and oxygen atoms in total. The molecular formula is C30H33N5O2. The van der Waals surface area contributed by atoms with E-state index in [1.54, 1.807) is 10.8 Å². The van der Waals surface area contributed by atoms with Crippen molar-refractivity contribution in [3.63, 3.8) is 0 Å². The summed E-state index contributed by atoms with van der Waals surface area (Å²) < 4.78 is 1.71. The molecule has 1 N–H and O–H groups in total. The molecule has 3 heterocycles. The van der Waals surface area contributed by atoms with E-state index >= 15 is 0 Å². The van der Waals surface area contributed by atoms with Gasteiger partial charge >= 0.3 is 0 Å². The predicted molar refractivity (Wildman–Crippen MR) is 148 cm³/mol. The number of carbonyl (C=O) groups excluding carboxylic acids is 1. The minimum atomic E-state index is -0.151. The molecule has 0 radical (unpaired) electrons. The van der Waals surface area contributed by atoms with Crippen molar-refractivity contribution >= 4 is 28.6 Å². The first kappa shape index (κ1) is 24.7. The maximum atomic E-state index is 13.7. The molecule has 1 amide bonds. The number of carbonyl (C=O) groups is 1. The fraction of sp³-hybridized carbons (Fsp3) is 0.333. The third-order valence-corrected chi connectivity index (χ3v) is 7.30. The number of fused-ring (bicyclic) bond motifs is 1. The topological polar surface area (TPSA) is 80.1 Å². The second-order valence-electron chi connectivity index (χ2n) is 9.87. The van der Waals surface area contributed by atoms with Gasteiger partial charge in [-0.25, -0.2) is 9.97 Å². The Morgan fingerprint density at radius 2 is 1.78 bits per heavy atom. The fourth-order valence-corrected chi connectivity index (χ4v) is 5.07. The van der Waals surface area contributed by atoms with E-state index in [-0.39, 0.29) is 17.4 Å². The van der Waals surface area contributed by atoms with Crippen molar-refractivity contribution < 1.29 is 4.79 Å². The molecule has 0 unspecified atom stereocenters. The van der Waals surface area contributed by atoms with Crippen molar-refractivity contribution in [3.8, 4) is 0 Å². The summed E-state index contributed by atoms with van der Waals surface area (Å²) in [7, 11) is 0. The highest BCUT2D eigenvalue weighted by molar-refractivity contribution is 5.94. The monoisotopic (exact) mass is 495 g/mol. The zero-order valence-corrected chi connectivity index (χ0v) is 21.7. The summed E-state index contributed by atoms with van der Waals surface area (Å²) in [5.41, 5.74) is 6.49. The second-order valence-corrected chi connectivity index (χ2v) is 9.87. The van der Waals surface area contributed by atoms with Crippen molar-refractivity contribution in [2.24, 2.45) is 5.92 Å². The number of nitrogens with zero attached hydrogens (tertiary/aromatic N) is 4. The highest BCUT2D eigenvalue weighted by atomic mass is 16.2. The summed E-state index contributed by atoms with van der Waals surface area (Å²) in [4.78, 5) is 38.0. The van der Waals surface area contributed by atoms with E-state index in [1.165, 1.54) is 5.56 Å². The third-order valence-electron chi connectivity index (χ3n) is 7.30. The van der Waals surface area contributed by atoms with Gasteiger partial charge in [-0.15, -0.1) is 0 Å². The molecule has 5 rings (SSSR count). The van der Waals surface area contributed by atoms with Crippen LogP contribution in [-0.4, -0.2) is 33.5 Å². The number of para-hydroxylation sites is 1. The molecule has 190 valence electrons. The van der Waals surface area contributed by atoms with Crippen LogP contribution in [0.1, 0.15) is 42.0 Å². The molecule has 0 spiro atoms. The largest absolute Gasteiger partial charge is 0.352 e. The molecule has 1 aliphatic rings. The maximum absolute atomic E-state index is 13.7. The number of benzene rings is 2. The lowest BCUT2D eigenvalue weighted by Crippen LogP contribution is -2.42. The Morgan fingerprint density at radius 3 is 2.51 bits per heavy atom. The number of amides is 1. The first-order valence-corrected chi connectivity index (χ1v) is 13.0. The number of anilines is 2. The van der Waals surface area contributed by atoms with Crippen LogP contribution in [-0.2, 0) is 17.8 Å². The van der Waals surface area contributed by atoms with E-state index in [0.29, 0.717) is 49.5 Å². The Balaban J connectivity index is 1.36. The predicted octanol–water partition coefficient (Wildman–Crippen LogP) is 4.87. The van der Waals surface area contributed by atoms with E-state index in [1.807, 2.05) is 67.3 Å². The molecule has 37 heavy (non-hydrogen) atoms. The normalized spacial score (nSPS) is 14.2. The summed E-state index contributed by atoms with van der Waals surface area (Å²) in [5, 5.41) is 3.18. The van der Waals surface area contributed by atoms with Gasteiger partial charge in [-0.1, -0.05) is 55.0 Å². The van der Waals surface area contributed by atoms with Crippen LogP contribution in [0.15, 0.2) is 65.6 Å². The molecule has 2 aromatic carbocycles. The molecular weight excluding hydrogens is 462 g/mol. The summed E-state index contributed by atoms with van der Waals surface area (Å²) >= 11 is 0. The number of aryl methyl sites for hydroxylation is 3. The van der Waals surface area contributed by atoms with E-state index in [9.17, 15) is 9.59 Å². The molecule has 7 heteroatoms. The zero-order chi connectivity index (χ0) is 25.9. The van der Waals surface area contributed by atoms with Crippen molar-refractivity contribution in [1.82, 2.24) is 14.5 Å². The Kier molecular flexibility index (Phi) is 7.04. The first-order chi connectivity index (χ1) is 17.9. The highest BCUT2D eigenvalue weighted by Gasteiger charge is 2.28. The molecule has 1 saturated heterocycles. The summed E-state index contributed by atoms with van der Waals surface area (Å²) in [6.07, 6.45) is 3.90. The molecule has 0 atom stereocenters. The van der Waals surface area contributed by atoms with E-state index in [4.69, 9.17) is 4.98 Å². The Morgan fingerprint density at radius 1 is 1.03 bits per heavy atom. The molecule has 2 aromatic heterocycles. The number of nitrogens with one attached hydrogen (secondary N) is 1. The van der Waals surface area contributed by atoms with Crippen molar-refractivity contribution in [3.05, 3.63) is 93.4 Å². The molecule has 1 fully saturated rings. The standard InChI is InChI=1S/C30H33N5O2/c1-4-23-8-5-7-21(3)26(23)33-29(36)24-14-17-34(18-15-24)28-30(37)35(19-22-12-10-20(2)11-13-22)27-25(32-28)9-6-16-31-27/h5-13,16,24H,4,14-15,17-19H2,1-3H3,(H,33,36). The average Bonchev–Trinajstić information content (AvgIpc) is 2.92. The van der Waals surface area contributed by atoms with Crippen molar-refractivity contribution in [2.45, 2.75) is 46.6 Å².